The second-order valence-electron chi connectivity index (χ2n) is 5.03. The Bertz CT molecular complexity index is 622. The summed E-state index contributed by atoms with van der Waals surface area (Å²) in [5, 5.41) is 2.97. The lowest BCUT2D eigenvalue weighted by Gasteiger charge is -2.15. The summed E-state index contributed by atoms with van der Waals surface area (Å²) in [5.74, 6) is -0.349. The first-order valence-corrected chi connectivity index (χ1v) is 7.70. The fourth-order valence-corrected chi connectivity index (χ4v) is 2.71. The van der Waals surface area contributed by atoms with Gasteiger partial charge in [0.15, 0.2) is 0 Å². The molecule has 2 aromatic rings. The second-order valence-corrected chi connectivity index (χ2v) is 5.95. The highest BCUT2D eigenvalue weighted by atomic mass is 79.9. The lowest BCUT2D eigenvalue weighted by molar-refractivity contribution is 0.0931. The van der Waals surface area contributed by atoms with Crippen molar-refractivity contribution in [3.05, 3.63) is 58.1 Å². The van der Waals surface area contributed by atoms with Gasteiger partial charge in [-0.3, -0.25) is 4.79 Å². The average Bonchev–Trinajstić information content (AvgIpc) is 2.82. The third-order valence-corrected chi connectivity index (χ3v) is 3.70. The number of hydrogen-bond donors (Lipinski definition) is 1. The minimum Gasteiger partial charge on any atom is -0.348 e. The Labute approximate surface area is 132 Å². The topological polar surface area (TPSA) is 34.0 Å². The molecule has 112 valence electrons. The fraction of sp³-hybridized carbons (Fsp3) is 0.312. The summed E-state index contributed by atoms with van der Waals surface area (Å²) in [5.41, 5.74) is 1.63. The van der Waals surface area contributed by atoms with Gasteiger partial charge in [-0.05, 0) is 60.0 Å². The molecule has 2 rings (SSSR count). The van der Waals surface area contributed by atoms with Crippen molar-refractivity contribution >= 4 is 21.8 Å². The number of halogens is 2. The summed E-state index contributed by atoms with van der Waals surface area (Å²) >= 11 is 3.38. The summed E-state index contributed by atoms with van der Waals surface area (Å²) in [4.78, 5) is 12.3. The van der Waals surface area contributed by atoms with Crippen LogP contribution in [0.3, 0.4) is 0 Å². The molecule has 0 aliphatic heterocycles. The number of aromatic nitrogens is 1. The van der Waals surface area contributed by atoms with Crippen LogP contribution in [0.25, 0.3) is 0 Å². The van der Waals surface area contributed by atoms with E-state index in [0.29, 0.717) is 12.1 Å². The van der Waals surface area contributed by atoms with Crippen LogP contribution in [0.2, 0.25) is 0 Å². The molecule has 0 saturated carbocycles. The Kier molecular flexibility index (Phi) is 5.17. The van der Waals surface area contributed by atoms with Crippen LogP contribution in [0, 0.1) is 5.82 Å². The van der Waals surface area contributed by atoms with Crippen LogP contribution >= 0.6 is 15.9 Å². The fourth-order valence-electron chi connectivity index (χ4n) is 2.25. The van der Waals surface area contributed by atoms with Gasteiger partial charge in [0.1, 0.15) is 11.5 Å². The highest BCUT2D eigenvalue weighted by Gasteiger charge is 2.15. The minimum absolute atomic E-state index is 0.0260. The van der Waals surface area contributed by atoms with E-state index in [-0.39, 0.29) is 17.8 Å². The van der Waals surface area contributed by atoms with Crippen molar-refractivity contribution in [2.24, 2.45) is 0 Å². The van der Waals surface area contributed by atoms with Gasteiger partial charge in [-0.15, -0.1) is 0 Å². The van der Waals surface area contributed by atoms with Crippen molar-refractivity contribution in [3.8, 4) is 0 Å². The van der Waals surface area contributed by atoms with Crippen LogP contribution in [-0.4, -0.2) is 16.5 Å². The number of hydrogen-bond acceptors (Lipinski definition) is 1. The molecule has 0 spiro atoms. The molecule has 1 heterocycles. The molecule has 3 nitrogen and oxygen atoms in total. The first-order chi connectivity index (χ1) is 9.99. The summed E-state index contributed by atoms with van der Waals surface area (Å²) in [7, 11) is 0. The first kappa shape index (κ1) is 15.8. The predicted molar refractivity (Wildman–Crippen MR) is 84.8 cm³/mol. The lowest BCUT2D eigenvalue weighted by Crippen LogP contribution is -2.35. The van der Waals surface area contributed by atoms with Crippen molar-refractivity contribution < 1.29 is 9.18 Å². The average molecular weight is 353 g/mol. The van der Waals surface area contributed by atoms with Crippen LogP contribution in [0.4, 0.5) is 4.39 Å². The van der Waals surface area contributed by atoms with Crippen LogP contribution < -0.4 is 5.32 Å². The molecular weight excluding hydrogens is 335 g/mol. The maximum atomic E-state index is 12.9. The SMILES string of the molecule is CCn1cc(Br)cc1C(=O)NC(C)Cc1ccc(F)cc1. The van der Waals surface area contributed by atoms with Gasteiger partial charge >= 0.3 is 0 Å². The second kappa shape index (κ2) is 6.89. The Morgan fingerprint density at radius 3 is 2.67 bits per heavy atom. The van der Waals surface area contributed by atoms with E-state index in [9.17, 15) is 9.18 Å². The zero-order chi connectivity index (χ0) is 15.4. The van der Waals surface area contributed by atoms with Crippen molar-refractivity contribution in [1.82, 2.24) is 9.88 Å². The summed E-state index contributed by atoms with van der Waals surface area (Å²) < 4.78 is 15.6. The molecule has 0 aliphatic rings. The summed E-state index contributed by atoms with van der Waals surface area (Å²) in [6.45, 7) is 4.67. The Morgan fingerprint density at radius 2 is 2.05 bits per heavy atom. The molecule has 1 amide bonds. The molecule has 0 fully saturated rings. The van der Waals surface area contributed by atoms with E-state index < -0.39 is 0 Å². The molecule has 1 aromatic carbocycles. The van der Waals surface area contributed by atoms with Gasteiger partial charge in [0.25, 0.3) is 5.91 Å². The van der Waals surface area contributed by atoms with E-state index in [1.54, 1.807) is 12.1 Å². The lowest BCUT2D eigenvalue weighted by atomic mass is 10.1. The molecule has 0 saturated heterocycles. The zero-order valence-electron chi connectivity index (χ0n) is 12.1. The van der Waals surface area contributed by atoms with Gasteiger partial charge in [-0.2, -0.15) is 0 Å². The van der Waals surface area contributed by atoms with E-state index in [0.717, 1.165) is 16.6 Å². The number of carbonyl (C=O) groups is 1. The third-order valence-electron chi connectivity index (χ3n) is 3.27. The maximum absolute atomic E-state index is 12.9. The first-order valence-electron chi connectivity index (χ1n) is 6.90. The third kappa shape index (κ3) is 4.17. The minimum atomic E-state index is -0.249. The molecule has 0 aliphatic carbocycles. The number of nitrogens with zero attached hydrogens (tertiary/aromatic N) is 1. The molecule has 1 unspecified atom stereocenters. The molecule has 21 heavy (non-hydrogen) atoms. The molecule has 0 bridgehead atoms. The van der Waals surface area contributed by atoms with Gasteiger partial charge in [-0.25, -0.2) is 4.39 Å². The largest absolute Gasteiger partial charge is 0.348 e. The Hall–Kier alpha value is -1.62. The number of nitrogens with one attached hydrogen (secondary N) is 1. The van der Waals surface area contributed by atoms with Crippen LogP contribution in [0.1, 0.15) is 29.9 Å². The van der Waals surface area contributed by atoms with Gasteiger partial charge in [-0.1, -0.05) is 12.1 Å². The highest BCUT2D eigenvalue weighted by molar-refractivity contribution is 9.10. The number of aryl methyl sites for hydroxylation is 1. The van der Waals surface area contributed by atoms with E-state index in [1.165, 1.54) is 12.1 Å². The van der Waals surface area contributed by atoms with Crippen molar-refractivity contribution in [2.75, 3.05) is 0 Å². The van der Waals surface area contributed by atoms with E-state index in [4.69, 9.17) is 0 Å². The van der Waals surface area contributed by atoms with Crippen molar-refractivity contribution in [3.63, 3.8) is 0 Å². The van der Waals surface area contributed by atoms with Crippen LogP contribution in [-0.2, 0) is 13.0 Å². The highest BCUT2D eigenvalue weighted by Crippen LogP contribution is 2.15. The quantitative estimate of drug-likeness (QED) is 0.872. The monoisotopic (exact) mass is 352 g/mol. The smallest absolute Gasteiger partial charge is 0.268 e. The molecule has 5 heteroatoms. The number of amides is 1. The standard InChI is InChI=1S/C16H18BrFN2O/c1-3-20-10-13(17)9-15(20)16(21)19-11(2)8-12-4-6-14(18)7-5-12/h4-7,9-11H,3,8H2,1-2H3,(H,19,21). The van der Waals surface area contributed by atoms with Crippen molar-refractivity contribution in [1.29, 1.82) is 0 Å². The Balaban J connectivity index is 2.00. The van der Waals surface area contributed by atoms with Gasteiger partial charge in [0.2, 0.25) is 0 Å². The molecule has 1 atom stereocenters. The zero-order valence-corrected chi connectivity index (χ0v) is 13.7. The van der Waals surface area contributed by atoms with Gasteiger partial charge in [0.05, 0.1) is 0 Å². The van der Waals surface area contributed by atoms with Gasteiger partial charge in [0, 0.05) is 23.3 Å². The molecular formula is C16H18BrFN2O. The van der Waals surface area contributed by atoms with E-state index in [2.05, 4.69) is 21.2 Å². The predicted octanol–water partition coefficient (Wildman–Crippen LogP) is 3.77. The number of rotatable bonds is 5. The van der Waals surface area contributed by atoms with Crippen LogP contribution in [0.15, 0.2) is 41.0 Å². The maximum Gasteiger partial charge on any atom is 0.268 e. The number of benzene rings is 1. The Morgan fingerprint density at radius 1 is 1.38 bits per heavy atom. The van der Waals surface area contributed by atoms with Gasteiger partial charge < -0.3 is 9.88 Å². The summed E-state index contributed by atoms with van der Waals surface area (Å²) in [6.07, 6.45) is 2.56. The van der Waals surface area contributed by atoms with Crippen molar-refractivity contribution in [2.45, 2.75) is 32.9 Å². The molecule has 1 aromatic heterocycles. The number of carbonyl (C=O) groups excluding carboxylic acids is 1. The summed E-state index contributed by atoms with van der Waals surface area (Å²) in [6, 6.07) is 8.13. The van der Waals surface area contributed by atoms with E-state index >= 15 is 0 Å². The molecule has 1 N–H and O–H groups in total. The van der Waals surface area contributed by atoms with E-state index in [1.807, 2.05) is 30.7 Å². The van der Waals surface area contributed by atoms with Crippen LogP contribution in [0.5, 0.6) is 0 Å². The normalized spacial score (nSPS) is 12.2. The molecule has 0 radical (unpaired) electrons.